The van der Waals surface area contributed by atoms with Crippen LogP contribution in [0.4, 0.5) is 5.13 Å². The van der Waals surface area contributed by atoms with E-state index in [-0.39, 0.29) is 5.41 Å². The number of aromatic nitrogens is 1. The van der Waals surface area contributed by atoms with Crippen LogP contribution in [0.1, 0.15) is 70.5 Å². The minimum atomic E-state index is 0.265. The maximum absolute atomic E-state index is 5.00. The Morgan fingerprint density at radius 1 is 1.43 bits per heavy atom. The zero-order valence-electron chi connectivity index (χ0n) is 14.5. The van der Waals surface area contributed by atoms with Gasteiger partial charge in [0.25, 0.3) is 0 Å². The lowest BCUT2D eigenvalue weighted by atomic mass is 9.87. The van der Waals surface area contributed by atoms with E-state index in [1.807, 2.05) is 11.3 Å². The topological polar surface area (TPSA) is 28.2 Å². The normalized spacial score (nSPS) is 20.2. The molecule has 0 aliphatic heterocycles. The summed E-state index contributed by atoms with van der Waals surface area (Å²) >= 11 is 1.90. The summed E-state index contributed by atoms with van der Waals surface area (Å²) in [4.78, 5) is 8.86. The molecule has 0 spiro atoms. The first-order valence-corrected chi connectivity index (χ1v) is 9.12. The Morgan fingerprint density at radius 3 is 2.76 bits per heavy atom. The minimum absolute atomic E-state index is 0.265. The maximum atomic E-state index is 5.00. The van der Waals surface area contributed by atoms with E-state index in [1.54, 1.807) is 0 Å². The fourth-order valence-electron chi connectivity index (χ4n) is 2.82. The summed E-state index contributed by atoms with van der Waals surface area (Å²) in [5.74, 6) is 0. The zero-order chi connectivity index (χ0) is 15.6. The molecule has 1 aromatic rings. The molecular weight excluding hydrogens is 278 g/mol. The summed E-state index contributed by atoms with van der Waals surface area (Å²) < 4.78 is 0. The zero-order valence-corrected chi connectivity index (χ0v) is 15.3. The fraction of sp³-hybridized carbons (Fsp3) is 0.824. The molecule has 21 heavy (non-hydrogen) atoms. The summed E-state index contributed by atoms with van der Waals surface area (Å²) in [6.45, 7) is 12.5. The molecule has 1 aromatic heterocycles. The molecule has 0 bridgehead atoms. The minimum Gasteiger partial charge on any atom is -0.348 e. The second kappa shape index (κ2) is 6.66. The number of anilines is 1. The van der Waals surface area contributed by atoms with E-state index < -0.39 is 0 Å². The van der Waals surface area contributed by atoms with Gasteiger partial charge in [-0.15, -0.1) is 11.3 Å². The molecule has 0 fully saturated rings. The highest BCUT2D eigenvalue weighted by molar-refractivity contribution is 7.15. The van der Waals surface area contributed by atoms with Crippen LogP contribution in [0.25, 0.3) is 0 Å². The van der Waals surface area contributed by atoms with Crippen molar-refractivity contribution in [2.24, 2.45) is 5.41 Å². The molecule has 4 heteroatoms. The second-order valence-corrected chi connectivity index (χ2v) is 8.42. The van der Waals surface area contributed by atoms with E-state index in [9.17, 15) is 0 Å². The highest BCUT2D eigenvalue weighted by Gasteiger charge is 2.29. The van der Waals surface area contributed by atoms with E-state index in [2.05, 4.69) is 51.9 Å². The molecule has 120 valence electrons. The van der Waals surface area contributed by atoms with Gasteiger partial charge in [0, 0.05) is 18.0 Å². The van der Waals surface area contributed by atoms with Crippen LogP contribution < -0.4 is 10.2 Å². The van der Waals surface area contributed by atoms with E-state index in [1.165, 1.54) is 41.4 Å². The molecule has 3 nitrogen and oxygen atoms in total. The Morgan fingerprint density at radius 2 is 2.14 bits per heavy atom. The largest absolute Gasteiger partial charge is 0.348 e. The molecular formula is C17H31N3S. The van der Waals surface area contributed by atoms with Crippen LogP contribution in [0, 0.1) is 5.41 Å². The Bertz CT molecular complexity index is 461. The fourth-order valence-corrected chi connectivity index (χ4v) is 4.03. The van der Waals surface area contributed by atoms with Crippen molar-refractivity contribution in [2.45, 2.75) is 72.4 Å². The average molecular weight is 310 g/mol. The van der Waals surface area contributed by atoms with Crippen molar-refractivity contribution < 1.29 is 0 Å². The van der Waals surface area contributed by atoms with E-state index in [0.717, 1.165) is 6.54 Å². The molecule has 2 atom stereocenters. The van der Waals surface area contributed by atoms with Crippen molar-refractivity contribution in [3.63, 3.8) is 0 Å². The van der Waals surface area contributed by atoms with Crippen LogP contribution in [0.2, 0.25) is 0 Å². The quantitative estimate of drug-likeness (QED) is 0.874. The van der Waals surface area contributed by atoms with Gasteiger partial charge in [0.15, 0.2) is 5.13 Å². The van der Waals surface area contributed by atoms with Crippen molar-refractivity contribution in [1.29, 1.82) is 0 Å². The third-order valence-corrected chi connectivity index (χ3v) is 5.94. The van der Waals surface area contributed by atoms with Crippen molar-refractivity contribution in [3.05, 3.63) is 10.6 Å². The van der Waals surface area contributed by atoms with Crippen molar-refractivity contribution in [2.75, 3.05) is 18.5 Å². The standard InChI is InChI=1S/C17H31N3S/c1-7-11-18-13-9-8-10-14-15(13)19-16(21-14)20(6)12(2)17(3,4)5/h12-13,18H,7-11H2,1-6H3. The number of nitrogens with one attached hydrogen (secondary N) is 1. The van der Waals surface area contributed by atoms with E-state index in [0.29, 0.717) is 12.1 Å². The number of hydrogen-bond donors (Lipinski definition) is 1. The summed E-state index contributed by atoms with van der Waals surface area (Å²) in [6, 6.07) is 0.948. The second-order valence-electron chi connectivity index (χ2n) is 7.36. The van der Waals surface area contributed by atoms with Crippen molar-refractivity contribution in [1.82, 2.24) is 10.3 Å². The van der Waals surface area contributed by atoms with Crippen LogP contribution >= 0.6 is 11.3 Å². The molecule has 0 amide bonds. The van der Waals surface area contributed by atoms with Gasteiger partial charge in [-0.2, -0.15) is 0 Å². The lowest BCUT2D eigenvalue weighted by Crippen LogP contribution is -2.39. The SMILES string of the molecule is CCCNC1CCCc2sc(N(C)C(C)C(C)(C)C)nc21. The highest BCUT2D eigenvalue weighted by atomic mass is 32.1. The van der Waals surface area contributed by atoms with E-state index >= 15 is 0 Å². The first-order chi connectivity index (χ1) is 9.84. The molecule has 2 unspecified atom stereocenters. The van der Waals surface area contributed by atoms with Gasteiger partial charge in [0.1, 0.15) is 0 Å². The van der Waals surface area contributed by atoms with Gasteiger partial charge in [0.2, 0.25) is 0 Å². The summed E-state index contributed by atoms with van der Waals surface area (Å²) in [6.07, 6.45) is 4.90. The van der Waals surface area contributed by atoms with Crippen molar-refractivity contribution >= 4 is 16.5 Å². The molecule has 1 aliphatic rings. The van der Waals surface area contributed by atoms with Gasteiger partial charge >= 0.3 is 0 Å². The molecule has 0 saturated heterocycles. The molecule has 0 radical (unpaired) electrons. The first-order valence-electron chi connectivity index (χ1n) is 8.30. The van der Waals surface area contributed by atoms with Crippen LogP contribution in [-0.2, 0) is 6.42 Å². The summed E-state index contributed by atoms with van der Waals surface area (Å²) in [5, 5.41) is 4.85. The molecule has 2 rings (SSSR count). The lowest BCUT2D eigenvalue weighted by Gasteiger charge is -2.35. The van der Waals surface area contributed by atoms with Crippen molar-refractivity contribution in [3.8, 4) is 0 Å². The number of aryl methyl sites for hydroxylation is 1. The number of thiazole rings is 1. The number of rotatable bonds is 5. The molecule has 0 saturated carbocycles. The third-order valence-electron chi connectivity index (χ3n) is 4.72. The molecule has 1 heterocycles. The Hall–Kier alpha value is -0.610. The predicted octanol–water partition coefficient (Wildman–Crippen LogP) is 4.39. The summed E-state index contributed by atoms with van der Waals surface area (Å²) in [7, 11) is 2.19. The Balaban J connectivity index is 2.19. The van der Waals surface area contributed by atoms with Crippen LogP contribution in [0.15, 0.2) is 0 Å². The smallest absolute Gasteiger partial charge is 0.185 e. The number of hydrogen-bond acceptors (Lipinski definition) is 4. The summed E-state index contributed by atoms with van der Waals surface area (Å²) in [5.41, 5.74) is 1.59. The van der Waals surface area contributed by atoms with Crippen LogP contribution in [0.5, 0.6) is 0 Å². The van der Waals surface area contributed by atoms with Gasteiger partial charge in [0.05, 0.1) is 11.7 Å². The lowest BCUT2D eigenvalue weighted by molar-refractivity contribution is 0.329. The van der Waals surface area contributed by atoms with Crippen LogP contribution in [0.3, 0.4) is 0 Å². The maximum Gasteiger partial charge on any atom is 0.185 e. The third kappa shape index (κ3) is 3.78. The highest BCUT2D eigenvalue weighted by Crippen LogP contribution is 2.38. The molecule has 0 aromatic carbocycles. The van der Waals surface area contributed by atoms with Gasteiger partial charge < -0.3 is 10.2 Å². The van der Waals surface area contributed by atoms with E-state index in [4.69, 9.17) is 4.98 Å². The molecule has 1 N–H and O–H groups in total. The molecule has 1 aliphatic carbocycles. The van der Waals surface area contributed by atoms with Gasteiger partial charge in [-0.05, 0) is 44.6 Å². The predicted molar refractivity (Wildman–Crippen MR) is 93.4 cm³/mol. The Labute approximate surface area is 134 Å². The van der Waals surface area contributed by atoms with Gasteiger partial charge in [-0.25, -0.2) is 4.98 Å². The monoisotopic (exact) mass is 309 g/mol. The number of nitrogens with zero attached hydrogens (tertiary/aromatic N) is 2. The first kappa shape index (κ1) is 16.8. The Kier molecular flexibility index (Phi) is 5.31. The van der Waals surface area contributed by atoms with Gasteiger partial charge in [-0.3, -0.25) is 0 Å². The van der Waals surface area contributed by atoms with Crippen LogP contribution in [-0.4, -0.2) is 24.6 Å². The van der Waals surface area contributed by atoms with Gasteiger partial charge in [-0.1, -0.05) is 27.7 Å². The number of fused-ring (bicyclic) bond motifs is 1. The average Bonchev–Trinajstić information content (AvgIpc) is 2.86.